The van der Waals surface area contributed by atoms with E-state index in [1.54, 1.807) is 0 Å². The van der Waals surface area contributed by atoms with Gasteiger partial charge in [-0.05, 0) is 17.7 Å². The van der Waals surface area contributed by atoms with Crippen LogP contribution in [-0.4, -0.2) is 58.7 Å². The van der Waals surface area contributed by atoms with Gasteiger partial charge < -0.3 is 11.5 Å². The Kier molecular flexibility index (Phi) is 5.80. The minimum Gasteiger partial charge on any atom is -0.399 e. The number of anilines is 2. The van der Waals surface area contributed by atoms with Crippen LogP contribution in [0, 0.1) is 0 Å². The summed E-state index contributed by atoms with van der Waals surface area (Å²) < 4.78 is 101. The van der Waals surface area contributed by atoms with Crippen LogP contribution in [0.3, 0.4) is 0 Å². The van der Waals surface area contributed by atoms with Crippen LogP contribution in [-0.2, 0) is 39.3 Å². The van der Waals surface area contributed by atoms with E-state index in [1.165, 1.54) is 24.3 Å². The zero-order chi connectivity index (χ0) is 23.4. The molecule has 0 aliphatic heterocycles. The molecule has 0 bridgehead atoms. The molecule has 166 valence electrons. The van der Waals surface area contributed by atoms with E-state index < -0.39 is 70.2 Å². The maximum absolute atomic E-state index is 12.7. The normalized spacial score (nSPS) is 13.3. The Hall–Kier alpha value is -2.16. The molecule has 0 heterocycles. The fourth-order valence-electron chi connectivity index (χ4n) is 3.03. The molecule has 30 heavy (non-hydrogen) atoms. The Morgan fingerprint density at radius 2 is 0.833 bits per heavy atom. The zero-order valence-corrected chi connectivity index (χ0v) is 19.6. The van der Waals surface area contributed by atoms with Gasteiger partial charge in [-0.2, -0.15) is 0 Å². The number of sulfone groups is 4. The molecule has 0 aliphatic rings. The lowest BCUT2D eigenvalue weighted by Crippen LogP contribution is -2.20. The summed E-state index contributed by atoms with van der Waals surface area (Å²) in [4.78, 5) is -3.77. The Labute approximate surface area is 175 Å². The number of nitrogens with two attached hydrogens (primary N) is 2. The van der Waals surface area contributed by atoms with Gasteiger partial charge in [-0.3, -0.25) is 0 Å². The number of hydrogen-bond acceptors (Lipinski definition) is 10. The van der Waals surface area contributed by atoms with Gasteiger partial charge in [-0.25, -0.2) is 33.7 Å². The van der Waals surface area contributed by atoms with Crippen molar-refractivity contribution in [3.8, 4) is 11.1 Å². The zero-order valence-electron chi connectivity index (χ0n) is 16.4. The Morgan fingerprint density at radius 3 is 1.10 bits per heavy atom. The van der Waals surface area contributed by atoms with E-state index in [1.807, 2.05) is 0 Å². The first-order valence-electron chi connectivity index (χ1n) is 7.93. The second-order valence-corrected chi connectivity index (χ2v) is 14.6. The molecule has 0 unspecified atom stereocenters. The number of benzene rings is 2. The minimum atomic E-state index is -4.42. The quantitative estimate of drug-likeness (QED) is 0.538. The standard InChI is InChI=1S/C16H20N2O8S4/c1-27(19,20)13-11(9-5-7-10(17)8-6-9)14(28(2,21)22)16(30(4,25)26)12(18)15(13)29(3,23)24/h5-8H,17-18H2,1-4H3. The molecule has 2 aromatic rings. The van der Waals surface area contributed by atoms with Crippen molar-refractivity contribution in [2.45, 2.75) is 19.6 Å². The average molecular weight is 497 g/mol. The van der Waals surface area contributed by atoms with Gasteiger partial charge in [0.05, 0.1) is 15.5 Å². The van der Waals surface area contributed by atoms with Crippen molar-refractivity contribution >= 4 is 50.7 Å². The third-order valence-corrected chi connectivity index (χ3v) is 8.93. The summed E-state index contributed by atoms with van der Waals surface area (Å²) in [6.45, 7) is 0. The summed E-state index contributed by atoms with van der Waals surface area (Å²) in [5.74, 6) is 0. The molecule has 14 heteroatoms. The third kappa shape index (κ3) is 4.45. The second-order valence-electron chi connectivity index (χ2n) is 6.82. The van der Waals surface area contributed by atoms with Crippen LogP contribution in [0.4, 0.5) is 11.4 Å². The topological polar surface area (TPSA) is 189 Å². The van der Waals surface area contributed by atoms with Crippen molar-refractivity contribution in [3.05, 3.63) is 24.3 Å². The van der Waals surface area contributed by atoms with Gasteiger partial charge in [-0.15, -0.1) is 0 Å². The number of nitrogen functional groups attached to an aromatic ring is 2. The molecule has 2 aromatic carbocycles. The van der Waals surface area contributed by atoms with Crippen LogP contribution in [0.25, 0.3) is 11.1 Å². The largest absolute Gasteiger partial charge is 0.399 e. The van der Waals surface area contributed by atoms with Gasteiger partial charge in [0.2, 0.25) is 0 Å². The Bertz CT molecular complexity index is 1380. The highest BCUT2D eigenvalue weighted by Crippen LogP contribution is 2.46. The molecule has 0 atom stereocenters. The summed E-state index contributed by atoms with van der Waals surface area (Å²) >= 11 is 0. The Morgan fingerprint density at radius 1 is 0.533 bits per heavy atom. The monoisotopic (exact) mass is 496 g/mol. The molecular weight excluding hydrogens is 476 g/mol. The van der Waals surface area contributed by atoms with Crippen LogP contribution in [0.5, 0.6) is 0 Å². The van der Waals surface area contributed by atoms with Crippen molar-refractivity contribution in [1.29, 1.82) is 0 Å². The molecule has 0 aliphatic carbocycles. The Balaban J connectivity index is 3.55. The van der Waals surface area contributed by atoms with E-state index >= 15 is 0 Å². The highest BCUT2D eigenvalue weighted by molar-refractivity contribution is 7.95. The van der Waals surface area contributed by atoms with Crippen molar-refractivity contribution < 1.29 is 33.7 Å². The van der Waals surface area contributed by atoms with Crippen LogP contribution < -0.4 is 11.5 Å². The number of rotatable bonds is 5. The first kappa shape index (κ1) is 24.1. The maximum atomic E-state index is 12.7. The van der Waals surface area contributed by atoms with Crippen molar-refractivity contribution in [3.63, 3.8) is 0 Å². The molecule has 4 N–H and O–H groups in total. The van der Waals surface area contributed by atoms with Gasteiger partial charge in [0, 0.05) is 36.3 Å². The summed E-state index contributed by atoms with van der Waals surface area (Å²) in [7, 11) is -17.7. The van der Waals surface area contributed by atoms with Crippen LogP contribution in [0.1, 0.15) is 0 Å². The third-order valence-electron chi connectivity index (χ3n) is 4.04. The minimum absolute atomic E-state index is 0.0696. The molecule has 0 aromatic heterocycles. The molecule has 10 nitrogen and oxygen atoms in total. The fraction of sp³-hybridized carbons (Fsp3) is 0.250. The van der Waals surface area contributed by atoms with E-state index in [-0.39, 0.29) is 11.3 Å². The van der Waals surface area contributed by atoms with E-state index in [2.05, 4.69) is 0 Å². The summed E-state index contributed by atoms with van der Waals surface area (Å²) in [5, 5.41) is 0. The van der Waals surface area contributed by atoms with E-state index in [0.29, 0.717) is 25.0 Å². The smallest absolute Gasteiger partial charge is 0.178 e. The second kappa shape index (κ2) is 7.21. The van der Waals surface area contributed by atoms with E-state index in [9.17, 15) is 33.7 Å². The van der Waals surface area contributed by atoms with Gasteiger partial charge in [0.15, 0.2) is 39.3 Å². The maximum Gasteiger partial charge on any atom is 0.178 e. The molecule has 2 rings (SSSR count). The van der Waals surface area contributed by atoms with Crippen LogP contribution in [0.2, 0.25) is 0 Å². The van der Waals surface area contributed by atoms with E-state index in [4.69, 9.17) is 11.5 Å². The molecular formula is C16H20N2O8S4. The lowest BCUT2D eigenvalue weighted by molar-refractivity contribution is 0.582. The van der Waals surface area contributed by atoms with Gasteiger partial charge in [0.25, 0.3) is 0 Å². The first-order valence-corrected chi connectivity index (χ1v) is 15.5. The lowest BCUT2D eigenvalue weighted by Gasteiger charge is -2.22. The highest BCUT2D eigenvalue weighted by atomic mass is 32.2. The molecule has 0 fully saturated rings. The summed E-state index contributed by atoms with van der Waals surface area (Å²) in [5.41, 5.74) is 10.0. The number of hydrogen-bond donors (Lipinski definition) is 2. The fourth-order valence-corrected chi connectivity index (χ4v) is 8.93. The molecule has 0 radical (unpaired) electrons. The van der Waals surface area contributed by atoms with Crippen molar-refractivity contribution in [2.24, 2.45) is 0 Å². The molecule has 0 saturated carbocycles. The molecule has 0 saturated heterocycles. The predicted octanol–water partition coefficient (Wildman–Crippen LogP) is 0.132. The van der Waals surface area contributed by atoms with Gasteiger partial charge >= 0.3 is 0 Å². The van der Waals surface area contributed by atoms with Gasteiger partial charge in [0.1, 0.15) is 9.79 Å². The predicted molar refractivity (Wildman–Crippen MR) is 113 cm³/mol. The first-order chi connectivity index (χ1) is 13.3. The van der Waals surface area contributed by atoms with E-state index in [0.717, 1.165) is 0 Å². The van der Waals surface area contributed by atoms with Crippen molar-refractivity contribution in [2.75, 3.05) is 36.5 Å². The van der Waals surface area contributed by atoms with Gasteiger partial charge in [-0.1, -0.05) is 12.1 Å². The molecule has 0 amide bonds. The SMILES string of the molecule is CS(=O)(=O)c1c(N)c(S(C)(=O)=O)c(S(C)(=O)=O)c(-c2ccc(N)cc2)c1S(C)(=O)=O. The lowest BCUT2D eigenvalue weighted by atomic mass is 10.0. The van der Waals surface area contributed by atoms with Crippen LogP contribution >= 0.6 is 0 Å². The molecule has 0 spiro atoms. The van der Waals surface area contributed by atoms with Crippen LogP contribution in [0.15, 0.2) is 43.8 Å². The van der Waals surface area contributed by atoms with Crippen molar-refractivity contribution in [1.82, 2.24) is 0 Å². The average Bonchev–Trinajstić information content (AvgIpc) is 2.50. The summed E-state index contributed by atoms with van der Waals surface area (Å²) in [6, 6.07) is 5.15. The highest BCUT2D eigenvalue weighted by Gasteiger charge is 2.38. The summed E-state index contributed by atoms with van der Waals surface area (Å²) in [6.07, 6.45) is 2.63.